The number of nitrogens with one attached hydrogen (secondary N) is 1. The van der Waals surface area contributed by atoms with Crippen LogP contribution >= 0.6 is 24.0 Å². The first-order chi connectivity index (χ1) is 13.1. The lowest BCUT2D eigenvalue weighted by atomic mass is 10.2. The summed E-state index contributed by atoms with van der Waals surface area (Å²) in [5, 5.41) is 3.16. The molecule has 0 radical (unpaired) electrons. The average molecular weight is 547 g/mol. The number of halogens is 3. The van der Waals surface area contributed by atoms with E-state index in [1.807, 2.05) is 11.8 Å². The summed E-state index contributed by atoms with van der Waals surface area (Å²) in [7, 11) is -1.78. The Morgan fingerprint density at radius 2 is 2.03 bits per heavy atom. The van der Waals surface area contributed by atoms with E-state index < -0.39 is 21.2 Å². The van der Waals surface area contributed by atoms with Gasteiger partial charge in [-0.25, -0.2) is 13.4 Å². The molecule has 1 aromatic rings. The molecule has 0 spiro atoms. The summed E-state index contributed by atoms with van der Waals surface area (Å²) in [6.45, 7) is 3.88. The fourth-order valence-electron chi connectivity index (χ4n) is 2.92. The van der Waals surface area contributed by atoms with Crippen molar-refractivity contribution in [2.75, 3.05) is 32.5 Å². The van der Waals surface area contributed by atoms with Gasteiger partial charge < -0.3 is 19.7 Å². The Hall–Kier alpha value is -1.37. The van der Waals surface area contributed by atoms with E-state index in [9.17, 15) is 17.2 Å². The summed E-state index contributed by atoms with van der Waals surface area (Å²) in [6, 6.07) is 4.73. The summed E-state index contributed by atoms with van der Waals surface area (Å²) in [5.74, 6) is 0.792. The highest BCUT2D eigenvalue weighted by Gasteiger charge is 2.40. The van der Waals surface area contributed by atoms with Gasteiger partial charge in [0.25, 0.3) is 0 Å². The van der Waals surface area contributed by atoms with E-state index in [0.29, 0.717) is 31.2 Å². The quantitative estimate of drug-likeness (QED) is 0.336. The predicted octanol–water partition coefficient (Wildman–Crippen LogP) is 2.89. The molecule has 1 saturated heterocycles. The molecular weight excluding hydrogens is 519 g/mol. The largest absolute Gasteiger partial charge is 0.493 e. The molecule has 166 valence electrons. The number of alkyl halides is 2. The monoisotopic (exact) mass is 547 g/mol. The van der Waals surface area contributed by atoms with E-state index in [2.05, 4.69) is 15.0 Å². The van der Waals surface area contributed by atoms with Crippen LogP contribution in [0.4, 0.5) is 8.78 Å². The van der Waals surface area contributed by atoms with Crippen LogP contribution in [0.2, 0.25) is 0 Å². The van der Waals surface area contributed by atoms with Crippen LogP contribution in [0.15, 0.2) is 23.2 Å². The molecule has 1 fully saturated rings. The number of hydrogen-bond acceptors (Lipinski definition) is 5. The third kappa shape index (κ3) is 6.56. The SMILES string of the molecule is CCNC(=NCc1ccc(OC)c(OC(F)F)c1)N1CCS(=O)(=O)C(C)(C)C1.I. The third-order valence-electron chi connectivity index (χ3n) is 4.53. The average Bonchev–Trinajstić information content (AvgIpc) is 2.61. The van der Waals surface area contributed by atoms with Crippen LogP contribution in [0.25, 0.3) is 0 Å². The third-order valence-corrected chi connectivity index (χ3v) is 7.07. The Morgan fingerprint density at radius 3 is 2.59 bits per heavy atom. The van der Waals surface area contributed by atoms with Gasteiger partial charge in [0.05, 0.1) is 24.2 Å². The van der Waals surface area contributed by atoms with Crippen molar-refractivity contribution in [3.63, 3.8) is 0 Å². The van der Waals surface area contributed by atoms with Crippen LogP contribution in [-0.2, 0) is 16.4 Å². The van der Waals surface area contributed by atoms with Gasteiger partial charge >= 0.3 is 6.61 Å². The standard InChI is InChI=1S/C18H27F2N3O4S.HI/c1-5-21-17(23-8-9-28(24,25)18(2,3)12-23)22-11-13-6-7-14(26-4)15(10-13)27-16(19)20;/h6-7,10,16H,5,8-9,11-12H2,1-4H3,(H,21,22);1H. The van der Waals surface area contributed by atoms with Gasteiger partial charge in [-0.1, -0.05) is 6.07 Å². The van der Waals surface area contributed by atoms with Crippen molar-refractivity contribution in [3.05, 3.63) is 23.8 Å². The van der Waals surface area contributed by atoms with Gasteiger partial charge in [0, 0.05) is 19.6 Å². The van der Waals surface area contributed by atoms with Crippen molar-refractivity contribution in [2.24, 2.45) is 4.99 Å². The highest BCUT2D eigenvalue weighted by atomic mass is 127. The minimum Gasteiger partial charge on any atom is -0.493 e. The molecule has 0 aliphatic carbocycles. The van der Waals surface area contributed by atoms with Gasteiger partial charge in [-0.15, -0.1) is 24.0 Å². The summed E-state index contributed by atoms with van der Waals surface area (Å²) >= 11 is 0. The topological polar surface area (TPSA) is 80.2 Å². The summed E-state index contributed by atoms with van der Waals surface area (Å²) in [6.07, 6.45) is 0. The molecule has 0 saturated carbocycles. The molecule has 1 aliphatic rings. The Bertz CT molecular complexity index is 819. The van der Waals surface area contributed by atoms with Gasteiger partial charge in [-0.05, 0) is 38.5 Å². The number of ether oxygens (including phenoxy) is 2. The van der Waals surface area contributed by atoms with E-state index in [-0.39, 0.29) is 47.8 Å². The molecule has 1 aliphatic heterocycles. The molecule has 29 heavy (non-hydrogen) atoms. The molecule has 0 unspecified atom stereocenters. The van der Waals surface area contributed by atoms with Gasteiger partial charge in [-0.2, -0.15) is 8.78 Å². The number of sulfone groups is 1. The van der Waals surface area contributed by atoms with Gasteiger partial charge in [0.2, 0.25) is 0 Å². The van der Waals surface area contributed by atoms with Gasteiger partial charge in [0.1, 0.15) is 0 Å². The first-order valence-corrected chi connectivity index (χ1v) is 10.6. The zero-order valence-corrected chi connectivity index (χ0v) is 20.1. The Labute approximate surface area is 187 Å². The molecule has 0 aromatic heterocycles. The second kappa shape index (κ2) is 10.6. The van der Waals surface area contributed by atoms with Crippen molar-refractivity contribution in [3.8, 4) is 11.5 Å². The molecule has 0 amide bonds. The van der Waals surface area contributed by atoms with E-state index in [1.165, 1.54) is 13.2 Å². The zero-order valence-electron chi connectivity index (χ0n) is 16.9. The van der Waals surface area contributed by atoms with Gasteiger partial charge in [-0.3, -0.25) is 0 Å². The predicted molar refractivity (Wildman–Crippen MR) is 119 cm³/mol. The first kappa shape index (κ1) is 25.7. The Balaban J connectivity index is 0.00000420. The molecule has 7 nitrogen and oxygen atoms in total. The van der Waals surface area contributed by atoms with Crippen molar-refractivity contribution in [2.45, 2.75) is 38.7 Å². The fourth-order valence-corrected chi connectivity index (χ4v) is 4.29. The smallest absolute Gasteiger partial charge is 0.387 e. The summed E-state index contributed by atoms with van der Waals surface area (Å²) < 4.78 is 58.3. The lowest BCUT2D eigenvalue weighted by Gasteiger charge is -2.39. The molecular formula is C18H28F2IN3O4S. The normalized spacial score (nSPS) is 18.2. The number of nitrogens with zero attached hydrogens (tertiary/aromatic N) is 2. The summed E-state index contributed by atoms with van der Waals surface area (Å²) in [4.78, 5) is 6.46. The van der Waals surface area contributed by atoms with Crippen molar-refractivity contribution in [1.29, 1.82) is 0 Å². The number of benzene rings is 1. The maximum Gasteiger partial charge on any atom is 0.387 e. The van der Waals surface area contributed by atoms with E-state index in [0.717, 1.165) is 0 Å². The molecule has 1 heterocycles. The van der Waals surface area contributed by atoms with Crippen LogP contribution in [-0.4, -0.2) is 63.1 Å². The van der Waals surface area contributed by atoms with E-state index >= 15 is 0 Å². The molecule has 1 aromatic carbocycles. The minimum absolute atomic E-state index is 0. The number of rotatable bonds is 6. The van der Waals surface area contributed by atoms with Crippen LogP contribution in [0, 0.1) is 0 Å². The minimum atomic E-state index is -3.16. The molecule has 11 heteroatoms. The van der Waals surface area contributed by atoms with Crippen LogP contribution < -0.4 is 14.8 Å². The number of aliphatic imine (C=N–C) groups is 1. The molecule has 0 bridgehead atoms. The molecule has 1 N–H and O–H groups in total. The second-order valence-corrected chi connectivity index (χ2v) is 9.78. The Kier molecular flexibility index (Phi) is 9.38. The maximum atomic E-state index is 12.6. The lowest BCUT2D eigenvalue weighted by Crippen LogP contribution is -2.57. The van der Waals surface area contributed by atoms with E-state index in [1.54, 1.807) is 26.0 Å². The highest BCUT2D eigenvalue weighted by Crippen LogP contribution is 2.30. The first-order valence-electron chi connectivity index (χ1n) is 8.97. The van der Waals surface area contributed by atoms with Gasteiger partial charge in [0.15, 0.2) is 27.3 Å². The maximum absolute atomic E-state index is 12.6. The number of guanidine groups is 1. The molecule has 2 rings (SSSR count). The second-order valence-electron chi connectivity index (χ2n) is 7.03. The Morgan fingerprint density at radius 1 is 1.34 bits per heavy atom. The number of methoxy groups -OCH3 is 1. The molecule has 0 atom stereocenters. The van der Waals surface area contributed by atoms with Crippen LogP contribution in [0.3, 0.4) is 0 Å². The highest BCUT2D eigenvalue weighted by molar-refractivity contribution is 14.0. The van der Waals surface area contributed by atoms with Crippen molar-refractivity contribution in [1.82, 2.24) is 10.2 Å². The van der Waals surface area contributed by atoms with E-state index in [4.69, 9.17) is 4.74 Å². The fraction of sp³-hybridized carbons (Fsp3) is 0.611. The summed E-state index contributed by atoms with van der Waals surface area (Å²) in [5.41, 5.74) is 0.663. The van der Waals surface area contributed by atoms with Crippen molar-refractivity contribution < 1.29 is 26.7 Å². The van der Waals surface area contributed by atoms with Crippen molar-refractivity contribution >= 4 is 39.8 Å². The van der Waals surface area contributed by atoms with Crippen LogP contribution in [0.5, 0.6) is 11.5 Å². The number of hydrogen-bond donors (Lipinski definition) is 1. The lowest BCUT2D eigenvalue weighted by molar-refractivity contribution is -0.0512. The zero-order chi connectivity index (χ0) is 20.9. The van der Waals surface area contributed by atoms with Crippen LogP contribution in [0.1, 0.15) is 26.3 Å².